The number of thioether (sulfide) groups is 1. The Balaban J connectivity index is 1.24. The lowest BCUT2D eigenvalue weighted by Crippen LogP contribution is -2.11. The van der Waals surface area contributed by atoms with Gasteiger partial charge in [0.2, 0.25) is 5.91 Å². The Morgan fingerprint density at radius 2 is 1.69 bits per heavy atom. The topological polar surface area (TPSA) is 51.2 Å². The number of nitrogens with one attached hydrogen (secondary N) is 1. The Hall–Kier alpha value is -2.80. The van der Waals surface area contributed by atoms with E-state index in [4.69, 9.17) is 16.3 Å². The van der Waals surface area contributed by atoms with Crippen LogP contribution in [0.5, 0.6) is 11.5 Å². The molecule has 1 heterocycles. The van der Waals surface area contributed by atoms with Gasteiger partial charge in [-0.05, 0) is 72.8 Å². The van der Waals surface area contributed by atoms with Crippen LogP contribution >= 0.6 is 34.7 Å². The number of ether oxygens (including phenoxy) is 1. The molecule has 0 bridgehead atoms. The molecular formula is C25H21ClN2O2S2. The van der Waals surface area contributed by atoms with Crippen LogP contribution in [-0.2, 0) is 4.79 Å². The van der Waals surface area contributed by atoms with Gasteiger partial charge in [-0.2, -0.15) is 0 Å². The van der Waals surface area contributed by atoms with Crippen LogP contribution < -0.4 is 10.1 Å². The number of carbonyl (C=O) groups is 1. The number of halogens is 1. The number of thiazole rings is 1. The van der Waals surface area contributed by atoms with Gasteiger partial charge in [0.05, 0.1) is 5.69 Å². The maximum atomic E-state index is 12.2. The highest BCUT2D eigenvalue weighted by Crippen LogP contribution is 2.28. The number of nitrogens with zero attached hydrogens (tertiary/aromatic N) is 1. The van der Waals surface area contributed by atoms with E-state index in [0.29, 0.717) is 11.6 Å². The summed E-state index contributed by atoms with van der Waals surface area (Å²) in [5.41, 5.74) is 1.80. The first-order chi connectivity index (χ1) is 15.7. The summed E-state index contributed by atoms with van der Waals surface area (Å²) in [7, 11) is 0. The molecule has 0 fully saturated rings. The standard InChI is InChI=1S/C25H21ClN2O2S2/c26-19-10-14-22(15-11-19)31-16-4-7-24(29)28-25-27-23(17-32-25)18-8-12-21(13-9-18)30-20-5-2-1-3-6-20/h1-3,5-6,8-15,17H,4,7,16H2,(H,27,28,29). The Bertz CT molecular complexity index is 1150. The number of carbonyl (C=O) groups excluding carboxylic acids is 1. The number of benzene rings is 3. The molecule has 7 heteroatoms. The minimum atomic E-state index is -0.0192. The summed E-state index contributed by atoms with van der Waals surface area (Å²) in [6, 6.07) is 25.2. The zero-order chi connectivity index (χ0) is 22.2. The molecule has 0 saturated heterocycles. The van der Waals surface area contributed by atoms with Gasteiger partial charge in [0.1, 0.15) is 11.5 Å². The monoisotopic (exact) mass is 480 g/mol. The largest absolute Gasteiger partial charge is 0.457 e. The zero-order valence-corrected chi connectivity index (χ0v) is 19.6. The lowest BCUT2D eigenvalue weighted by atomic mass is 10.2. The maximum Gasteiger partial charge on any atom is 0.226 e. The third-order valence-corrected chi connectivity index (χ3v) is 6.62. The van der Waals surface area contributed by atoms with Gasteiger partial charge in [-0.3, -0.25) is 4.79 Å². The fourth-order valence-electron chi connectivity index (χ4n) is 2.92. The van der Waals surface area contributed by atoms with Crippen molar-refractivity contribution in [2.45, 2.75) is 17.7 Å². The molecule has 162 valence electrons. The van der Waals surface area contributed by atoms with Crippen molar-refractivity contribution in [3.05, 3.63) is 89.3 Å². The van der Waals surface area contributed by atoms with Crippen molar-refractivity contribution >= 4 is 45.7 Å². The SMILES string of the molecule is O=C(CCCSc1ccc(Cl)cc1)Nc1nc(-c2ccc(Oc3ccccc3)cc2)cs1. The summed E-state index contributed by atoms with van der Waals surface area (Å²) in [6.45, 7) is 0. The van der Waals surface area contributed by atoms with E-state index in [2.05, 4.69) is 10.3 Å². The van der Waals surface area contributed by atoms with Gasteiger partial charge in [0.15, 0.2) is 5.13 Å². The predicted molar refractivity (Wildman–Crippen MR) is 134 cm³/mol. The second-order valence-electron chi connectivity index (χ2n) is 6.93. The van der Waals surface area contributed by atoms with Crippen LogP contribution in [0.25, 0.3) is 11.3 Å². The molecule has 4 rings (SSSR count). The normalized spacial score (nSPS) is 10.7. The molecule has 0 aliphatic heterocycles. The predicted octanol–water partition coefficient (Wildman–Crippen LogP) is 7.77. The Morgan fingerprint density at radius 3 is 2.44 bits per heavy atom. The van der Waals surface area contributed by atoms with Crippen LogP contribution in [0.3, 0.4) is 0 Å². The Labute approximate surface area is 200 Å². The number of aromatic nitrogens is 1. The molecule has 0 radical (unpaired) electrons. The van der Waals surface area contributed by atoms with Gasteiger partial charge in [0, 0.05) is 27.3 Å². The molecule has 0 aliphatic rings. The minimum absolute atomic E-state index is 0.0192. The summed E-state index contributed by atoms with van der Waals surface area (Å²) in [5.74, 6) is 2.41. The van der Waals surface area contributed by atoms with Crippen molar-refractivity contribution in [3.63, 3.8) is 0 Å². The van der Waals surface area contributed by atoms with Crippen LogP contribution in [0.2, 0.25) is 5.02 Å². The van der Waals surface area contributed by atoms with Gasteiger partial charge in [0.25, 0.3) is 0 Å². The first-order valence-corrected chi connectivity index (χ1v) is 12.4. The molecule has 32 heavy (non-hydrogen) atoms. The lowest BCUT2D eigenvalue weighted by Gasteiger charge is -2.06. The number of rotatable bonds is 9. The van der Waals surface area contributed by atoms with E-state index in [1.807, 2.05) is 84.2 Å². The summed E-state index contributed by atoms with van der Waals surface area (Å²) in [6.07, 6.45) is 1.25. The van der Waals surface area contributed by atoms with Gasteiger partial charge in [-0.1, -0.05) is 29.8 Å². The first-order valence-electron chi connectivity index (χ1n) is 10.1. The molecule has 4 aromatic rings. The van der Waals surface area contributed by atoms with Crippen LogP contribution in [0.1, 0.15) is 12.8 Å². The molecule has 1 amide bonds. The van der Waals surface area contributed by atoms with E-state index < -0.39 is 0 Å². The number of amides is 1. The summed E-state index contributed by atoms with van der Waals surface area (Å²) in [4.78, 5) is 17.9. The van der Waals surface area contributed by atoms with Crippen molar-refractivity contribution in [2.75, 3.05) is 11.1 Å². The highest BCUT2D eigenvalue weighted by molar-refractivity contribution is 7.99. The van der Waals surface area contributed by atoms with Crippen molar-refractivity contribution in [3.8, 4) is 22.8 Å². The smallest absolute Gasteiger partial charge is 0.226 e. The number of hydrogen-bond acceptors (Lipinski definition) is 5. The average molecular weight is 481 g/mol. The molecule has 0 saturated carbocycles. The summed E-state index contributed by atoms with van der Waals surface area (Å²) >= 11 is 9.04. The number of anilines is 1. The third-order valence-electron chi connectivity index (χ3n) is 4.51. The second kappa shape index (κ2) is 11.2. The molecule has 0 aliphatic carbocycles. The molecule has 4 nitrogen and oxygen atoms in total. The van der Waals surface area contributed by atoms with Crippen LogP contribution in [0, 0.1) is 0 Å². The first kappa shape index (κ1) is 22.4. The molecule has 0 spiro atoms. The summed E-state index contributed by atoms with van der Waals surface area (Å²) in [5, 5.41) is 6.18. The van der Waals surface area contributed by atoms with Crippen molar-refractivity contribution in [2.24, 2.45) is 0 Å². The fourth-order valence-corrected chi connectivity index (χ4v) is 4.63. The van der Waals surface area contributed by atoms with Gasteiger partial charge >= 0.3 is 0 Å². The van der Waals surface area contributed by atoms with E-state index in [1.54, 1.807) is 11.8 Å². The highest BCUT2D eigenvalue weighted by Gasteiger charge is 2.09. The number of hydrogen-bond donors (Lipinski definition) is 1. The molecule has 1 N–H and O–H groups in total. The van der Waals surface area contributed by atoms with Crippen molar-refractivity contribution < 1.29 is 9.53 Å². The van der Waals surface area contributed by atoms with E-state index in [1.165, 1.54) is 11.3 Å². The quantitative estimate of drug-likeness (QED) is 0.196. The molecule has 0 atom stereocenters. The third kappa shape index (κ3) is 6.60. The van der Waals surface area contributed by atoms with Crippen LogP contribution in [-0.4, -0.2) is 16.6 Å². The van der Waals surface area contributed by atoms with Crippen molar-refractivity contribution in [1.82, 2.24) is 4.98 Å². The Kier molecular flexibility index (Phi) is 7.82. The number of para-hydroxylation sites is 1. The minimum Gasteiger partial charge on any atom is -0.457 e. The van der Waals surface area contributed by atoms with E-state index in [-0.39, 0.29) is 5.91 Å². The van der Waals surface area contributed by atoms with Gasteiger partial charge in [-0.25, -0.2) is 4.98 Å². The van der Waals surface area contributed by atoms with Crippen molar-refractivity contribution in [1.29, 1.82) is 0 Å². The van der Waals surface area contributed by atoms with Gasteiger partial charge in [-0.15, -0.1) is 23.1 Å². The second-order valence-corrected chi connectivity index (χ2v) is 9.39. The van der Waals surface area contributed by atoms with Gasteiger partial charge < -0.3 is 10.1 Å². The average Bonchev–Trinajstić information content (AvgIpc) is 3.27. The molecule has 3 aromatic carbocycles. The molecule has 0 unspecified atom stereocenters. The zero-order valence-electron chi connectivity index (χ0n) is 17.2. The fraction of sp³-hybridized carbons (Fsp3) is 0.120. The van der Waals surface area contributed by atoms with Crippen LogP contribution in [0.15, 0.2) is 89.1 Å². The van der Waals surface area contributed by atoms with E-state index in [0.717, 1.165) is 44.8 Å². The Morgan fingerprint density at radius 1 is 0.969 bits per heavy atom. The van der Waals surface area contributed by atoms with E-state index in [9.17, 15) is 4.79 Å². The maximum absolute atomic E-state index is 12.2. The summed E-state index contributed by atoms with van der Waals surface area (Å²) < 4.78 is 5.82. The molecule has 1 aromatic heterocycles. The lowest BCUT2D eigenvalue weighted by molar-refractivity contribution is -0.116. The highest BCUT2D eigenvalue weighted by atomic mass is 35.5. The molecular weight excluding hydrogens is 460 g/mol. The van der Waals surface area contributed by atoms with Crippen LogP contribution in [0.4, 0.5) is 5.13 Å². The van der Waals surface area contributed by atoms with E-state index >= 15 is 0 Å².